The van der Waals surface area contributed by atoms with Crippen molar-refractivity contribution in [2.24, 2.45) is 0 Å². The zero-order valence-electron chi connectivity index (χ0n) is 7.29. The molecule has 0 amide bonds. The summed E-state index contributed by atoms with van der Waals surface area (Å²) in [6.45, 7) is 2.94. The monoisotopic (exact) mass is 179 g/mol. The molecule has 1 rings (SSSR count). The average Bonchev–Trinajstić information content (AvgIpc) is 2.13. The third-order valence-electron chi connectivity index (χ3n) is 2.01. The predicted octanol–water partition coefficient (Wildman–Crippen LogP) is 1.29. The van der Waals surface area contributed by atoms with E-state index in [1.54, 1.807) is 6.07 Å². The zero-order valence-corrected chi connectivity index (χ0v) is 7.29. The van der Waals surface area contributed by atoms with Crippen LogP contribution in [0.2, 0.25) is 0 Å². The fourth-order valence-corrected chi connectivity index (χ4v) is 1.10. The van der Waals surface area contributed by atoms with Crippen molar-refractivity contribution in [3.8, 4) is 23.3 Å². The van der Waals surface area contributed by atoms with Crippen LogP contribution in [0.1, 0.15) is 16.7 Å². The molecule has 3 N–H and O–H groups in total. The van der Waals surface area contributed by atoms with Crippen molar-refractivity contribution in [1.82, 2.24) is 0 Å². The maximum atomic E-state index is 9.36. The van der Waals surface area contributed by atoms with Gasteiger partial charge in [-0.05, 0) is 13.8 Å². The van der Waals surface area contributed by atoms with Crippen LogP contribution >= 0.6 is 0 Å². The molecule has 0 saturated heterocycles. The van der Waals surface area contributed by atoms with Gasteiger partial charge in [-0.1, -0.05) is 0 Å². The third-order valence-corrected chi connectivity index (χ3v) is 2.01. The Morgan fingerprint density at radius 2 is 1.31 bits per heavy atom. The van der Waals surface area contributed by atoms with E-state index in [0.29, 0.717) is 0 Å². The van der Waals surface area contributed by atoms with E-state index >= 15 is 0 Å². The number of rotatable bonds is 0. The molecule has 0 atom stereocenters. The molecule has 68 valence electrons. The maximum Gasteiger partial charge on any atom is 0.143 e. The SMILES string of the molecule is Cc1c(O)c(C)c(O)c(C#N)c1O. The minimum absolute atomic E-state index is 0.186. The smallest absolute Gasteiger partial charge is 0.143 e. The second kappa shape index (κ2) is 2.87. The van der Waals surface area contributed by atoms with Crippen LogP contribution in [0.5, 0.6) is 17.2 Å². The molecular formula is C9H9NO3. The lowest BCUT2D eigenvalue weighted by molar-refractivity contribution is 0.415. The fourth-order valence-electron chi connectivity index (χ4n) is 1.10. The van der Waals surface area contributed by atoms with Gasteiger partial charge in [0, 0.05) is 11.1 Å². The van der Waals surface area contributed by atoms with Crippen LogP contribution in [0, 0.1) is 25.2 Å². The van der Waals surface area contributed by atoms with Crippen molar-refractivity contribution in [3.63, 3.8) is 0 Å². The summed E-state index contributed by atoms with van der Waals surface area (Å²) in [6.07, 6.45) is 0. The van der Waals surface area contributed by atoms with Gasteiger partial charge in [0.25, 0.3) is 0 Å². The first kappa shape index (κ1) is 9.20. The van der Waals surface area contributed by atoms with Crippen molar-refractivity contribution < 1.29 is 15.3 Å². The molecule has 4 nitrogen and oxygen atoms in total. The minimum atomic E-state index is -0.372. The molecule has 0 fully saturated rings. The lowest BCUT2D eigenvalue weighted by Crippen LogP contribution is -1.88. The lowest BCUT2D eigenvalue weighted by Gasteiger charge is -2.09. The first-order valence-corrected chi connectivity index (χ1v) is 3.64. The number of hydrogen-bond donors (Lipinski definition) is 3. The highest BCUT2D eigenvalue weighted by molar-refractivity contribution is 5.64. The van der Waals surface area contributed by atoms with Crippen LogP contribution < -0.4 is 0 Å². The molecule has 0 heterocycles. The van der Waals surface area contributed by atoms with Gasteiger partial charge >= 0.3 is 0 Å². The van der Waals surface area contributed by atoms with Gasteiger partial charge in [0.05, 0.1) is 0 Å². The molecular weight excluding hydrogens is 170 g/mol. The zero-order chi connectivity index (χ0) is 10.2. The van der Waals surface area contributed by atoms with Crippen LogP contribution in [-0.4, -0.2) is 15.3 Å². The molecule has 1 aromatic carbocycles. The highest BCUT2D eigenvalue weighted by Gasteiger charge is 2.17. The number of nitrogens with zero attached hydrogens (tertiary/aromatic N) is 1. The van der Waals surface area contributed by atoms with E-state index < -0.39 is 0 Å². The first-order chi connectivity index (χ1) is 6.00. The van der Waals surface area contributed by atoms with E-state index in [9.17, 15) is 15.3 Å². The van der Waals surface area contributed by atoms with E-state index in [2.05, 4.69) is 0 Å². The van der Waals surface area contributed by atoms with Gasteiger partial charge in [0.15, 0.2) is 0 Å². The van der Waals surface area contributed by atoms with Crippen LogP contribution in [0.15, 0.2) is 0 Å². The molecule has 4 heteroatoms. The Bertz CT molecular complexity index is 375. The molecule has 0 saturated carbocycles. The Morgan fingerprint density at radius 3 is 1.62 bits per heavy atom. The van der Waals surface area contributed by atoms with Gasteiger partial charge in [0.1, 0.15) is 28.9 Å². The summed E-state index contributed by atoms with van der Waals surface area (Å²) >= 11 is 0. The van der Waals surface area contributed by atoms with Gasteiger partial charge in [-0.3, -0.25) is 0 Å². The minimum Gasteiger partial charge on any atom is -0.507 e. The van der Waals surface area contributed by atoms with Gasteiger partial charge in [0.2, 0.25) is 0 Å². The number of phenolic OH excluding ortho intramolecular Hbond substituents is 3. The summed E-state index contributed by atoms with van der Waals surface area (Å²) in [4.78, 5) is 0. The molecule has 0 aromatic heterocycles. The molecule has 0 unspecified atom stereocenters. The largest absolute Gasteiger partial charge is 0.507 e. The van der Waals surface area contributed by atoms with Gasteiger partial charge in [-0.25, -0.2) is 0 Å². The number of aromatic hydroxyl groups is 3. The van der Waals surface area contributed by atoms with Crippen molar-refractivity contribution in [2.75, 3.05) is 0 Å². The van der Waals surface area contributed by atoms with E-state index in [-0.39, 0.29) is 33.9 Å². The van der Waals surface area contributed by atoms with Crippen molar-refractivity contribution in [1.29, 1.82) is 5.26 Å². The molecule has 0 spiro atoms. The summed E-state index contributed by atoms with van der Waals surface area (Å²) in [5.41, 5.74) is 0.200. The van der Waals surface area contributed by atoms with Crippen LogP contribution in [-0.2, 0) is 0 Å². The van der Waals surface area contributed by atoms with Crippen LogP contribution in [0.4, 0.5) is 0 Å². The summed E-state index contributed by atoms with van der Waals surface area (Å²) in [7, 11) is 0. The van der Waals surface area contributed by atoms with Crippen molar-refractivity contribution in [3.05, 3.63) is 16.7 Å². The Hall–Kier alpha value is -1.89. The molecule has 0 bridgehead atoms. The summed E-state index contributed by atoms with van der Waals surface area (Å²) in [5.74, 6) is -0.930. The number of benzene rings is 1. The predicted molar refractivity (Wildman–Crippen MR) is 45.6 cm³/mol. The van der Waals surface area contributed by atoms with Gasteiger partial charge < -0.3 is 15.3 Å². The quantitative estimate of drug-likeness (QED) is 0.560. The average molecular weight is 179 g/mol. The number of hydrogen-bond acceptors (Lipinski definition) is 4. The lowest BCUT2D eigenvalue weighted by atomic mass is 10.0. The van der Waals surface area contributed by atoms with E-state index in [1.165, 1.54) is 13.8 Å². The summed E-state index contributed by atoms with van der Waals surface area (Å²) in [6, 6.07) is 1.66. The number of phenols is 3. The molecule has 0 aliphatic carbocycles. The third kappa shape index (κ3) is 1.14. The Morgan fingerprint density at radius 1 is 0.923 bits per heavy atom. The maximum absolute atomic E-state index is 9.36. The Labute approximate surface area is 75.3 Å². The Kier molecular flexibility index (Phi) is 2.03. The molecule has 13 heavy (non-hydrogen) atoms. The molecule has 0 aliphatic rings. The topological polar surface area (TPSA) is 84.5 Å². The Balaban J connectivity index is 3.69. The first-order valence-electron chi connectivity index (χ1n) is 3.64. The van der Waals surface area contributed by atoms with Gasteiger partial charge in [-0.15, -0.1) is 0 Å². The summed E-state index contributed by atoms with van der Waals surface area (Å²) < 4.78 is 0. The number of nitriles is 1. The molecule has 0 radical (unpaired) electrons. The van der Waals surface area contributed by atoms with Crippen molar-refractivity contribution >= 4 is 0 Å². The standard InChI is InChI=1S/C9H9NO3/c1-4-7(11)5(2)9(13)6(3-10)8(4)12/h11-13H,1-2H3. The van der Waals surface area contributed by atoms with E-state index in [0.717, 1.165) is 0 Å². The fraction of sp³-hybridized carbons (Fsp3) is 0.222. The molecule has 1 aromatic rings. The normalized spacial score (nSPS) is 9.62. The highest BCUT2D eigenvalue weighted by atomic mass is 16.3. The molecule has 0 aliphatic heterocycles. The second-order valence-corrected chi connectivity index (χ2v) is 2.78. The second-order valence-electron chi connectivity index (χ2n) is 2.78. The van der Waals surface area contributed by atoms with Crippen LogP contribution in [0.3, 0.4) is 0 Å². The van der Waals surface area contributed by atoms with Crippen LogP contribution in [0.25, 0.3) is 0 Å². The van der Waals surface area contributed by atoms with E-state index in [1.807, 2.05) is 0 Å². The van der Waals surface area contributed by atoms with Crippen molar-refractivity contribution in [2.45, 2.75) is 13.8 Å². The summed E-state index contributed by atoms with van der Waals surface area (Å²) in [5, 5.41) is 36.6. The highest BCUT2D eigenvalue weighted by Crippen LogP contribution is 2.39. The van der Waals surface area contributed by atoms with Gasteiger partial charge in [-0.2, -0.15) is 5.26 Å². The van der Waals surface area contributed by atoms with E-state index in [4.69, 9.17) is 5.26 Å².